The molecule has 2 atom stereocenters. The van der Waals surface area contributed by atoms with Crippen LogP contribution in [0.3, 0.4) is 0 Å². The van der Waals surface area contributed by atoms with Gasteiger partial charge in [-0.05, 0) is 54.3 Å². The second kappa shape index (κ2) is 8.01. The van der Waals surface area contributed by atoms with Gasteiger partial charge in [-0.1, -0.05) is 29.8 Å². The van der Waals surface area contributed by atoms with Gasteiger partial charge < -0.3 is 15.5 Å². The van der Waals surface area contributed by atoms with Crippen molar-refractivity contribution in [3.8, 4) is 0 Å². The summed E-state index contributed by atoms with van der Waals surface area (Å²) in [5, 5.41) is 7.41. The minimum absolute atomic E-state index is 0.0874. The first kappa shape index (κ1) is 19.0. The predicted molar refractivity (Wildman–Crippen MR) is 121 cm³/mol. The summed E-state index contributed by atoms with van der Waals surface area (Å²) in [6.07, 6.45) is 6.11. The standard InChI is InChI=1S/C22H23ClN4OS/c23-17-3-1-15(2-4-17)16-5-6-24-18(11-16)9-14-10-19-21(25-12-14)27-7-8-29-13-20(27)22(28)26-19/h1-4,10-12,18,20,24H,5-9,13H2,(H,26,28). The average molecular weight is 427 g/mol. The topological polar surface area (TPSA) is 57.3 Å². The maximum absolute atomic E-state index is 12.5. The molecule has 3 aliphatic rings. The number of aromatic nitrogens is 1. The third-order valence-electron chi connectivity index (χ3n) is 5.76. The van der Waals surface area contributed by atoms with Gasteiger partial charge in [0.1, 0.15) is 6.04 Å². The van der Waals surface area contributed by atoms with Crippen LogP contribution in [0.15, 0.2) is 42.6 Å². The molecular weight excluding hydrogens is 404 g/mol. The summed E-state index contributed by atoms with van der Waals surface area (Å²) >= 11 is 7.86. The van der Waals surface area contributed by atoms with Crippen molar-refractivity contribution < 1.29 is 4.79 Å². The number of halogens is 1. The normalized spacial score (nSPS) is 23.7. The van der Waals surface area contributed by atoms with Gasteiger partial charge >= 0.3 is 0 Å². The second-order valence-corrected chi connectivity index (χ2v) is 9.29. The number of nitrogens with zero attached hydrogens (tertiary/aromatic N) is 2. The van der Waals surface area contributed by atoms with Crippen molar-refractivity contribution in [1.82, 2.24) is 10.3 Å². The molecule has 0 aliphatic carbocycles. The molecule has 1 aromatic heterocycles. The van der Waals surface area contributed by atoms with E-state index in [0.29, 0.717) is 0 Å². The number of rotatable bonds is 3. The van der Waals surface area contributed by atoms with E-state index in [9.17, 15) is 4.79 Å². The van der Waals surface area contributed by atoms with E-state index in [1.807, 2.05) is 30.1 Å². The van der Waals surface area contributed by atoms with Crippen molar-refractivity contribution in [2.45, 2.75) is 24.9 Å². The number of fused-ring (bicyclic) bond motifs is 3. The van der Waals surface area contributed by atoms with Gasteiger partial charge in [0, 0.05) is 35.3 Å². The highest BCUT2D eigenvalue weighted by molar-refractivity contribution is 7.99. The smallest absolute Gasteiger partial charge is 0.248 e. The summed E-state index contributed by atoms with van der Waals surface area (Å²) < 4.78 is 0. The molecule has 1 aromatic carbocycles. The fourth-order valence-corrected chi connectivity index (χ4v) is 5.46. The molecule has 2 unspecified atom stereocenters. The predicted octanol–water partition coefficient (Wildman–Crippen LogP) is 3.60. The first-order valence-corrected chi connectivity index (χ1v) is 11.5. The van der Waals surface area contributed by atoms with E-state index in [4.69, 9.17) is 16.6 Å². The van der Waals surface area contributed by atoms with Gasteiger partial charge in [0.05, 0.1) is 5.69 Å². The Labute approximate surface area is 179 Å². The van der Waals surface area contributed by atoms with Crippen LogP contribution in [0.4, 0.5) is 11.5 Å². The lowest BCUT2D eigenvalue weighted by atomic mass is 9.94. The number of hydrogen-bond acceptors (Lipinski definition) is 5. The molecule has 2 N–H and O–H groups in total. The number of carbonyl (C=O) groups excluding carboxylic acids is 1. The molecule has 29 heavy (non-hydrogen) atoms. The van der Waals surface area contributed by atoms with Crippen molar-refractivity contribution in [2.24, 2.45) is 0 Å². The summed E-state index contributed by atoms with van der Waals surface area (Å²) in [5.41, 5.74) is 4.54. The van der Waals surface area contributed by atoms with Crippen LogP contribution in [0.5, 0.6) is 0 Å². The Bertz CT molecular complexity index is 962. The number of anilines is 2. The lowest BCUT2D eigenvalue weighted by molar-refractivity contribution is -0.117. The minimum Gasteiger partial charge on any atom is -0.341 e. The Morgan fingerprint density at radius 1 is 1.28 bits per heavy atom. The van der Waals surface area contributed by atoms with E-state index >= 15 is 0 Å². The van der Waals surface area contributed by atoms with Crippen LogP contribution in [-0.2, 0) is 11.2 Å². The summed E-state index contributed by atoms with van der Waals surface area (Å²) in [5.74, 6) is 2.87. The zero-order chi connectivity index (χ0) is 19.8. The Morgan fingerprint density at radius 3 is 3.00 bits per heavy atom. The number of hydrogen-bond donors (Lipinski definition) is 2. The highest BCUT2D eigenvalue weighted by Crippen LogP contribution is 2.34. The fraction of sp³-hybridized carbons (Fsp3) is 0.364. The minimum atomic E-state index is -0.0931. The van der Waals surface area contributed by atoms with Crippen LogP contribution in [0.1, 0.15) is 17.5 Å². The van der Waals surface area contributed by atoms with Gasteiger partial charge in [-0.2, -0.15) is 11.8 Å². The number of amides is 1. The molecule has 7 heteroatoms. The zero-order valence-corrected chi connectivity index (χ0v) is 17.6. The van der Waals surface area contributed by atoms with Crippen molar-refractivity contribution >= 4 is 46.3 Å². The largest absolute Gasteiger partial charge is 0.341 e. The molecule has 2 aromatic rings. The van der Waals surface area contributed by atoms with Crippen LogP contribution < -0.4 is 15.5 Å². The van der Waals surface area contributed by atoms with Crippen molar-refractivity contribution in [3.63, 3.8) is 0 Å². The van der Waals surface area contributed by atoms with Crippen LogP contribution in [0.25, 0.3) is 5.57 Å². The number of carbonyl (C=O) groups is 1. The van der Waals surface area contributed by atoms with Crippen molar-refractivity contribution in [3.05, 3.63) is 58.8 Å². The van der Waals surface area contributed by atoms with Crippen LogP contribution >= 0.6 is 23.4 Å². The number of nitrogens with one attached hydrogen (secondary N) is 2. The highest BCUT2D eigenvalue weighted by atomic mass is 35.5. The molecule has 4 heterocycles. The van der Waals surface area contributed by atoms with E-state index in [0.717, 1.165) is 59.5 Å². The molecule has 3 aliphatic heterocycles. The summed E-state index contributed by atoms with van der Waals surface area (Å²) in [4.78, 5) is 19.4. The lowest BCUT2D eigenvalue weighted by Gasteiger charge is -2.39. The van der Waals surface area contributed by atoms with Crippen LogP contribution in [0, 0.1) is 0 Å². The maximum Gasteiger partial charge on any atom is 0.248 e. The quantitative estimate of drug-likeness (QED) is 0.785. The van der Waals surface area contributed by atoms with E-state index in [-0.39, 0.29) is 18.0 Å². The van der Waals surface area contributed by atoms with Gasteiger partial charge in [-0.25, -0.2) is 4.98 Å². The first-order valence-electron chi connectivity index (χ1n) is 10.0. The zero-order valence-electron chi connectivity index (χ0n) is 16.0. The molecular formula is C22H23ClN4OS. The van der Waals surface area contributed by atoms with Gasteiger partial charge in [0.2, 0.25) is 5.91 Å². The lowest BCUT2D eigenvalue weighted by Crippen LogP contribution is -2.53. The van der Waals surface area contributed by atoms with Crippen LogP contribution in [0.2, 0.25) is 5.02 Å². The summed E-state index contributed by atoms with van der Waals surface area (Å²) in [6.45, 7) is 1.82. The van der Waals surface area contributed by atoms with Gasteiger partial charge in [-0.3, -0.25) is 4.79 Å². The Morgan fingerprint density at radius 2 is 2.14 bits per heavy atom. The number of benzene rings is 1. The Hall–Kier alpha value is -2.02. The molecule has 5 nitrogen and oxygen atoms in total. The number of pyridine rings is 1. The van der Waals surface area contributed by atoms with Gasteiger partial charge in [0.15, 0.2) is 5.82 Å². The van der Waals surface area contributed by atoms with E-state index < -0.39 is 0 Å². The van der Waals surface area contributed by atoms with E-state index in [1.165, 1.54) is 11.1 Å². The van der Waals surface area contributed by atoms with Crippen molar-refractivity contribution in [1.29, 1.82) is 0 Å². The first-order chi connectivity index (χ1) is 14.2. The molecule has 1 amide bonds. The summed E-state index contributed by atoms with van der Waals surface area (Å²) in [6, 6.07) is 10.3. The molecule has 0 radical (unpaired) electrons. The maximum atomic E-state index is 12.5. The van der Waals surface area contributed by atoms with Crippen LogP contribution in [-0.4, -0.2) is 47.6 Å². The van der Waals surface area contributed by atoms with E-state index in [1.54, 1.807) is 0 Å². The fourth-order valence-electron chi connectivity index (χ4n) is 4.29. The van der Waals surface area contributed by atoms with Crippen molar-refractivity contribution in [2.75, 3.05) is 34.8 Å². The average Bonchev–Trinajstić information content (AvgIpc) is 2.74. The van der Waals surface area contributed by atoms with Gasteiger partial charge in [0.25, 0.3) is 0 Å². The molecule has 0 spiro atoms. The summed E-state index contributed by atoms with van der Waals surface area (Å²) in [7, 11) is 0. The van der Waals surface area contributed by atoms with Gasteiger partial charge in [-0.15, -0.1) is 0 Å². The molecule has 0 saturated carbocycles. The third kappa shape index (κ3) is 3.89. The Kier molecular flexibility index (Phi) is 5.24. The Balaban J connectivity index is 1.36. The third-order valence-corrected chi connectivity index (χ3v) is 7.03. The molecule has 1 fully saturated rings. The molecule has 150 valence electrons. The molecule has 1 saturated heterocycles. The second-order valence-electron chi connectivity index (χ2n) is 7.70. The SMILES string of the molecule is O=C1Nc2cc(CC3C=C(c4ccc(Cl)cc4)CCN3)cnc2N2CCSCC12. The molecule has 5 rings (SSSR count). The van der Waals surface area contributed by atoms with E-state index in [2.05, 4.69) is 39.8 Å². The number of thioether (sulfide) groups is 1. The molecule has 0 bridgehead atoms. The highest BCUT2D eigenvalue weighted by Gasteiger charge is 2.36. The monoisotopic (exact) mass is 426 g/mol.